The largest absolute Gasteiger partial charge is 0.481 e. The van der Waals surface area contributed by atoms with Gasteiger partial charge in [0.2, 0.25) is 0 Å². The van der Waals surface area contributed by atoms with Crippen LogP contribution < -0.4 is 0 Å². The topological polar surface area (TPSA) is 73.6 Å². The summed E-state index contributed by atoms with van der Waals surface area (Å²) in [6.07, 6.45) is 0.374. The van der Waals surface area contributed by atoms with Crippen molar-refractivity contribution in [3.8, 4) is 6.07 Å². The molecule has 0 aromatic heterocycles. The average molecular weight is 246 g/mol. The molecule has 2 atom stereocenters. The van der Waals surface area contributed by atoms with Gasteiger partial charge in [-0.05, 0) is 24.1 Å². The summed E-state index contributed by atoms with van der Waals surface area (Å²) in [7, 11) is 1.80. The maximum atomic E-state index is 10.7. The Bertz CT molecular complexity index is 478. The molecule has 2 rings (SSSR count). The number of nitriles is 1. The second-order valence-electron chi connectivity index (χ2n) is 4.36. The van der Waals surface area contributed by atoms with Crippen molar-refractivity contribution in [2.45, 2.75) is 25.0 Å². The number of carboxylic acid groups (broad SMARTS) is 1. The second kappa shape index (κ2) is 5.17. The average Bonchev–Trinajstić information content (AvgIpc) is 2.69. The first-order valence-corrected chi connectivity index (χ1v) is 5.71. The van der Waals surface area contributed by atoms with Crippen molar-refractivity contribution >= 4 is 5.97 Å². The lowest BCUT2D eigenvalue weighted by atomic mass is 9.99. The van der Waals surface area contributed by atoms with Crippen molar-refractivity contribution < 1.29 is 14.7 Å². The zero-order valence-corrected chi connectivity index (χ0v) is 10.0. The number of benzene rings is 1. The second-order valence-corrected chi connectivity index (χ2v) is 4.36. The third-order valence-electron chi connectivity index (χ3n) is 3.07. The van der Waals surface area contributed by atoms with Crippen LogP contribution in [0.1, 0.15) is 30.0 Å². The molecule has 1 heterocycles. The van der Waals surface area contributed by atoms with Gasteiger partial charge in [-0.3, -0.25) is 9.63 Å². The van der Waals surface area contributed by atoms with Gasteiger partial charge in [0.25, 0.3) is 0 Å². The summed E-state index contributed by atoms with van der Waals surface area (Å²) in [5.41, 5.74) is 1.65. The Hall–Kier alpha value is -1.90. The van der Waals surface area contributed by atoms with Gasteiger partial charge in [-0.2, -0.15) is 10.3 Å². The van der Waals surface area contributed by atoms with Gasteiger partial charge in [0, 0.05) is 7.05 Å². The van der Waals surface area contributed by atoms with Crippen molar-refractivity contribution in [2.75, 3.05) is 7.05 Å². The van der Waals surface area contributed by atoms with E-state index in [1.165, 1.54) is 0 Å². The fourth-order valence-corrected chi connectivity index (χ4v) is 2.19. The number of carbonyl (C=O) groups is 1. The Morgan fingerprint density at radius 1 is 1.56 bits per heavy atom. The summed E-state index contributed by atoms with van der Waals surface area (Å²) in [6.45, 7) is 0. The van der Waals surface area contributed by atoms with Crippen LogP contribution in [0.25, 0.3) is 0 Å². The van der Waals surface area contributed by atoms with Crippen LogP contribution in [0.3, 0.4) is 0 Å². The number of rotatable bonds is 3. The summed E-state index contributed by atoms with van der Waals surface area (Å²) in [6, 6.07) is 9.39. The molecular weight excluding hydrogens is 232 g/mol. The van der Waals surface area contributed by atoms with Gasteiger partial charge in [-0.1, -0.05) is 12.1 Å². The highest BCUT2D eigenvalue weighted by Crippen LogP contribution is 2.33. The fraction of sp³-hybridized carbons (Fsp3) is 0.385. The van der Waals surface area contributed by atoms with E-state index in [1.54, 1.807) is 24.2 Å². The molecule has 0 bridgehead atoms. The summed E-state index contributed by atoms with van der Waals surface area (Å²) < 4.78 is 0. The van der Waals surface area contributed by atoms with Crippen molar-refractivity contribution in [3.63, 3.8) is 0 Å². The van der Waals surface area contributed by atoms with E-state index in [-0.39, 0.29) is 18.6 Å². The molecular formula is C13H14N2O3. The third kappa shape index (κ3) is 2.67. The molecule has 1 saturated heterocycles. The first kappa shape index (κ1) is 12.6. The van der Waals surface area contributed by atoms with Crippen LogP contribution >= 0.6 is 0 Å². The molecule has 1 aromatic carbocycles. The van der Waals surface area contributed by atoms with E-state index in [0.717, 1.165) is 5.56 Å². The van der Waals surface area contributed by atoms with E-state index in [4.69, 9.17) is 15.2 Å². The van der Waals surface area contributed by atoms with Crippen LogP contribution in [-0.2, 0) is 9.63 Å². The number of hydroxylamine groups is 2. The van der Waals surface area contributed by atoms with Gasteiger partial charge in [-0.25, -0.2) is 0 Å². The SMILES string of the molecule is CN1O[C@@H](CC(=O)O)C[C@H]1c1ccc(C#N)cc1. The Kier molecular flexibility index (Phi) is 3.60. The maximum Gasteiger partial charge on any atom is 0.306 e. The molecule has 0 amide bonds. The molecule has 1 aliphatic rings. The van der Waals surface area contributed by atoms with Crippen LogP contribution in [0.2, 0.25) is 0 Å². The fourth-order valence-electron chi connectivity index (χ4n) is 2.19. The highest BCUT2D eigenvalue weighted by molar-refractivity contribution is 5.67. The predicted octanol–water partition coefficient (Wildman–Crippen LogP) is 1.71. The molecule has 1 aliphatic heterocycles. The first-order chi connectivity index (χ1) is 8.60. The third-order valence-corrected chi connectivity index (χ3v) is 3.07. The molecule has 18 heavy (non-hydrogen) atoms. The molecule has 0 radical (unpaired) electrons. The van der Waals surface area contributed by atoms with Gasteiger partial charge in [0.1, 0.15) is 0 Å². The minimum atomic E-state index is -0.853. The molecule has 1 fully saturated rings. The summed E-state index contributed by atoms with van der Waals surface area (Å²) in [5, 5.41) is 19.2. The zero-order chi connectivity index (χ0) is 13.1. The molecule has 0 spiro atoms. The quantitative estimate of drug-likeness (QED) is 0.878. The molecule has 0 saturated carbocycles. The number of carboxylic acids is 1. The van der Waals surface area contributed by atoms with E-state index >= 15 is 0 Å². The minimum absolute atomic E-state index is 0.0110. The van der Waals surface area contributed by atoms with Gasteiger partial charge in [0.15, 0.2) is 0 Å². The van der Waals surface area contributed by atoms with E-state index in [9.17, 15) is 4.79 Å². The Balaban J connectivity index is 2.09. The molecule has 1 aromatic rings. The highest BCUT2D eigenvalue weighted by Gasteiger charge is 2.33. The standard InChI is InChI=1S/C13H14N2O3/c1-15-12(6-11(18-15)7-13(16)17)10-4-2-9(8-14)3-5-10/h2-5,11-12H,6-7H2,1H3,(H,16,17)/t11-,12+/m1/s1. The van der Waals surface area contributed by atoms with Crippen LogP contribution in [0.15, 0.2) is 24.3 Å². The number of hydrogen-bond donors (Lipinski definition) is 1. The lowest BCUT2D eigenvalue weighted by molar-refractivity contribution is -0.159. The van der Waals surface area contributed by atoms with Gasteiger partial charge >= 0.3 is 5.97 Å². The monoisotopic (exact) mass is 246 g/mol. The summed E-state index contributed by atoms with van der Waals surface area (Å²) in [4.78, 5) is 16.1. The van der Waals surface area contributed by atoms with Crippen LogP contribution in [-0.4, -0.2) is 29.3 Å². The molecule has 5 heteroatoms. The summed E-state index contributed by atoms with van der Waals surface area (Å²) in [5.74, 6) is -0.853. The van der Waals surface area contributed by atoms with E-state index in [0.29, 0.717) is 12.0 Å². The Labute approximate surface area is 105 Å². The van der Waals surface area contributed by atoms with E-state index in [1.807, 2.05) is 12.1 Å². The van der Waals surface area contributed by atoms with Crippen molar-refractivity contribution in [1.82, 2.24) is 5.06 Å². The minimum Gasteiger partial charge on any atom is -0.481 e. The van der Waals surface area contributed by atoms with Crippen LogP contribution in [0.4, 0.5) is 0 Å². The Morgan fingerprint density at radius 3 is 2.78 bits per heavy atom. The molecule has 94 valence electrons. The maximum absolute atomic E-state index is 10.7. The zero-order valence-electron chi connectivity index (χ0n) is 10.0. The molecule has 0 unspecified atom stereocenters. The van der Waals surface area contributed by atoms with E-state index < -0.39 is 5.97 Å². The van der Waals surface area contributed by atoms with Crippen molar-refractivity contribution in [1.29, 1.82) is 5.26 Å². The van der Waals surface area contributed by atoms with Gasteiger partial charge in [-0.15, -0.1) is 0 Å². The molecule has 5 nitrogen and oxygen atoms in total. The molecule has 0 aliphatic carbocycles. The van der Waals surface area contributed by atoms with Crippen molar-refractivity contribution in [3.05, 3.63) is 35.4 Å². The van der Waals surface area contributed by atoms with Crippen LogP contribution in [0.5, 0.6) is 0 Å². The number of hydrogen-bond acceptors (Lipinski definition) is 4. The lowest BCUT2D eigenvalue weighted by Crippen LogP contribution is -2.18. The number of aliphatic carboxylic acids is 1. The van der Waals surface area contributed by atoms with E-state index in [2.05, 4.69) is 6.07 Å². The normalized spacial score (nSPS) is 23.8. The highest BCUT2D eigenvalue weighted by atomic mass is 16.7. The lowest BCUT2D eigenvalue weighted by Gasteiger charge is -2.17. The predicted molar refractivity (Wildman–Crippen MR) is 63.4 cm³/mol. The Morgan fingerprint density at radius 2 is 2.22 bits per heavy atom. The van der Waals surface area contributed by atoms with Crippen LogP contribution in [0, 0.1) is 11.3 Å². The van der Waals surface area contributed by atoms with Gasteiger partial charge in [0.05, 0.1) is 30.2 Å². The molecule has 1 N–H and O–H groups in total. The summed E-state index contributed by atoms with van der Waals surface area (Å²) >= 11 is 0. The number of nitrogens with zero attached hydrogens (tertiary/aromatic N) is 2. The smallest absolute Gasteiger partial charge is 0.306 e. The van der Waals surface area contributed by atoms with Gasteiger partial charge < -0.3 is 5.11 Å². The van der Waals surface area contributed by atoms with Crippen molar-refractivity contribution in [2.24, 2.45) is 0 Å². The first-order valence-electron chi connectivity index (χ1n) is 5.71.